The maximum Gasteiger partial charge on any atom is 0.260 e. The Kier molecular flexibility index (Phi) is 5.51. The normalized spacial score (nSPS) is 10.9. The molecule has 0 atom stereocenters. The molecule has 19 heavy (non-hydrogen) atoms. The Labute approximate surface area is 115 Å². The van der Waals surface area contributed by atoms with Gasteiger partial charge in [-0.15, -0.1) is 0 Å². The first kappa shape index (κ1) is 15.7. The van der Waals surface area contributed by atoms with E-state index in [2.05, 4.69) is 39.2 Å². The van der Waals surface area contributed by atoms with Gasteiger partial charge in [0.25, 0.3) is 5.91 Å². The van der Waals surface area contributed by atoms with Crippen LogP contribution in [-0.2, 0) is 16.1 Å². The minimum Gasteiger partial charge on any atom is -0.367 e. The van der Waals surface area contributed by atoms with Crippen molar-refractivity contribution in [1.29, 1.82) is 0 Å². The summed E-state index contributed by atoms with van der Waals surface area (Å²) in [4.78, 5) is 11.5. The summed E-state index contributed by atoms with van der Waals surface area (Å²) < 4.78 is 5.52. The van der Waals surface area contributed by atoms with Crippen LogP contribution in [0, 0.1) is 27.7 Å². The third kappa shape index (κ3) is 4.33. The van der Waals surface area contributed by atoms with Gasteiger partial charge in [0.05, 0.1) is 6.61 Å². The van der Waals surface area contributed by atoms with E-state index in [4.69, 9.17) is 4.74 Å². The van der Waals surface area contributed by atoms with E-state index in [1.54, 1.807) is 19.1 Å². The predicted molar refractivity (Wildman–Crippen MR) is 76.9 cm³/mol. The molecule has 1 rings (SSSR count). The van der Waals surface area contributed by atoms with Crippen molar-refractivity contribution < 1.29 is 9.53 Å². The Morgan fingerprint density at radius 2 is 1.68 bits per heavy atom. The van der Waals surface area contributed by atoms with Crippen molar-refractivity contribution in [3.63, 3.8) is 0 Å². The number of hydrazine groups is 1. The molecule has 0 aromatic heterocycles. The third-order valence-electron chi connectivity index (χ3n) is 3.35. The van der Waals surface area contributed by atoms with E-state index in [0.717, 1.165) is 0 Å². The highest BCUT2D eigenvalue weighted by molar-refractivity contribution is 5.76. The molecule has 4 heteroatoms. The van der Waals surface area contributed by atoms with Crippen molar-refractivity contribution in [1.82, 2.24) is 10.4 Å². The van der Waals surface area contributed by atoms with Gasteiger partial charge in [-0.25, -0.2) is 5.01 Å². The quantitative estimate of drug-likeness (QED) is 0.827. The van der Waals surface area contributed by atoms with E-state index in [-0.39, 0.29) is 12.5 Å². The average molecular weight is 264 g/mol. The second kappa shape index (κ2) is 6.68. The van der Waals surface area contributed by atoms with Crippen molar-refractivity contribution in [2.24, 2.45) is 0 Å². The van der Waals surface area contributed by atoms with E-state index >= 15 is 0 Å². The second-order valence-corrected chi connectivity index (χ2v) is 5.16. The molecule has 4 nitrogen and oxygen atoms in total. The molecule has 1 aromatic carbocycles. The summed E-state index contributed by atoms with van der Waals surface area (Å²) in [5.74, 6) is -0.135. The van der Waals surface area contributed by atoms with Crippen LogP contribution in [0.25, 0.3) is 0 Å². The Bertz CT molecular complexity index is 441. The number of hydrogen-bond acceptors (Lipinski definition) is 3. The van der Waals surface area contributed by atoms with Crippen LogP contribution in [0.4, 0.5) is 0 Å². The van der Waals surface area contributed by atoms with Gasteiger partial charge in [-0.2, -0.15) is 0 Å². The van der Waals surface area contributed by atoms with E-state index in [1.807, 2.05) is 0 Å². The lowest BCUT2D eigenvalue weighted by molar-refractivity contribution is -0.129. The Balaban J connectivity index is 2.66. The van der Waals surface area contributed by atoms with Gasteiger partial charge in [-0.1, -0.05) is 6.07 Å². The Morgan fingerprint density at radius 3 is 2.16 bits per heavy atom. The zero-order valence-electron chi connectivity index (χ0n) is 12.8. The van der Waals surface area contributed by atoms with Crippen LogP contribution >= 0.6 is 0 Å². The monoisotopic (exact) mass is 264 g/mol. The molecule has 1 aromatic rings. The number of aryl methyl sites for hydroxylation is 2. The van der Waals surface area contributed by atoms with Gasteiger partial charge in [-0.05, 0) is 55.5 Å². The van der Waals surface area contributed by atoms with Gasteiger partial charge in [0.1, 0.15) is 6.61 Å². The topological polar surface area (TPSA) is 41.6 Å². The SMILES string of the molecule is Cc1cc(C)c(C)c(COCC(=O)NN(C)C)c1C. The fourth-order valence-corrected chi connectivity index (χ4v) is 2.04. The van der Waals surface area contributed by atoms with Crippen LogP contribution in [0.2, 0.25) is 0 Å². The van der Waals surface area contributed by atoms with Crippen LogP contribution in [-0.4, -0.2) is 31.6 Å². The molecule has 0 radical (unpaired) electrons. The molecule has 0 bridgehead atoms. The average Bonchev–Trinajstić information content (AvgIpc) is 2.30. The molecule has 0 spiro atoms. The number of benzene rings is 1. The number of rotatable bonds is 5. The smallest absolute Gasteiger partial charge is 0.260 e. The number of carbonyl (C=O) groups excluding carboxylic acids is 1. The van der Waals surface area contributed by atoms with Crippen molar-refractivity contribution in [3.05, 3.63) is 33.9 Å². The first-order chi connectivity index (χ1) is 8.82. The van der Waals surface area contributed by atoms with Gasteiger partial charge in [0, 0.05) is 14.1 Å². The fraction of sp³-hybridized carbons (Fsp3) is 0.533. The molecule has 0 heterocycles. The summed E-state index contributed by atoms with van der Waals surface area (Å²) in [7, 11) is 3.55. The molecule has 0 unspecified atom stereocenters. The minimum absolute atomic E-state index is 0.0735. The zero-order valence-corrected chi connectivity index (χ0v) is 12.8. The first-order valence-corrected chi connectivity index (χ1v) is 6.43. The first-order valence-electron chi connectivity index (χ1n) is 6.43. The summed E-state index contributed by atoms with van der Waals surface area (Å²) in [5.41, 5.74) is 8.86. The van der Waals surface area contributed by atoms with Crippen LogP contribution in [0.1, 0.15) is 27.8 Å². The minimum atomic E-state index is -0.135. The zero-order chi connectivity index (χ0) is 14.6. The van der Waals surface area contributed by atoms with E-state index in [9.17, 15) is 4.79 Å². The number of nitrogens with zero attached hydrogens (tertiary/aromatic N) is 1. The summed E-state index contributed by atoms with van der Waals surface area (Å²) in [6.45, 7) is 8.94. The number of amides is 1. The van der Waals surface area contributed by atoms with Crippen molar-refractivity contribution >= 4 is 5.91 Å². The molecule has 0 saturated carbocycles. The molecular formula is C15H24N2O2. The maximum atomic E-state index is 11.5. The van der Waals surface area contributed by atoms with Gasteiger partial charge >= 0.3 is 0 Å². The molecule has 106 valence electrons. The van der Waals surface area contributed by atoms with Crippen molar-refractivity contribution in [2.75, 3.05) is 20.7 Å². The summed E-state index contributed by atoms with van der Waals surface area (Å²) in [5, 5.41) is 1.61. The highest BCUT2D eigenvalue weighted by Crippen LogP contribution is 2.22. The molecule has 0 aliphatic heterocycles. The molecule has 0 saturated heterocycles. The molecule has 0 fully saturated rings. The lowest BCUT2D eigenvalue weighted by Crippen LogP contribution is -2.38. The van der Waals surface area contributed by atoms with Gasteiger partial charge in [0.2, 0.25) is 0 Å². The Hall–Kier alpha value is -1.39. The largest absolute Gasteiger partial charge is 0.367 e. The molecule has 0 aliphatic carbocycles. The van der Waals surface area contributed by atoms with Gasteiger partial charge in [-0.3, -0.25) is 10.2 Å². The molecule has 1 N–H and O–H groups in total. The summed E-state index contributed by atoms with van der Waals surface area (Å²) >= 11 is 0. The second-order valence-electron chi connectivity index (χ2n) is 5.16. The fourth-order valence-electron chi connectivity index (χ4n) is 2.04. The highest BCUT2D eigenvalue weighted by Gasteiger charge is 2.09. The standard InChI is InChI=1S/C15H24N2O2/c1-10-7-11(2)13(4)14(12(10)3)8-19-9-15(18)16-17(5)6/h7H,8-9H2,1-6H3,(H,16,18). The lowest BCUT2D eigenvalue weighted by atomic mass is 9.95. The van der Waals surface area contributed by atoms with Crippen LogP contribution < -0.4 is 5.43 Å². The molecule has 1 amide bonds. The highest BCUT2D eigenvalue weighted by atomic mass is 16.5. The van der Waals surface area contributed by atoms with E-state index in [0.29, 0.717) is 6.61 Å². The number of nitrogens with one attached hydrogen (secondary N) is 1. The van der Waals surface area contributed by atoms with Crippen LogP contribution in [0.3, 0.4) is 0 Å². The van der Waals surface area contributed by atoms with Gasteiger partial charge in [0.15, 0.2) is 0 Å². The summed E-state index contributed by atoms with van der Waals surface area (Å²) in [6.07, 6.45) is 0. The van der Waals surface area contributed by atoms with E-state index in [1.165, 1.54) is 27.8 Å². The van der Waals surface area contributed by atoms with Crippen LogP contribution in [0.15, 0.2) is 6.07 Å². The maximum absolute atomic E-state index is 11.5. The van der Waals surface area contributed by atoms with Crippen molar-refractivity contribution in [3.8, 4) is 0 Å². The number of ether oxygens (including phenoxy) is 1. The van der Waals surface area contributed by atoms with Crippen molar-refractivity contribution in [2.45, 2.75) is 34.3 Å². The molecule has 0 aliphatic rings. The van der Waals surface area contributed by atoms with Gasteiger partial charge < -0.3 is 4.74 Å². The number of hydrogen-bond donors (Lipinski definition) is 1. The number of carbonyl (C=O) groups is 1. The van der Waals surface area contributed by atoms with Crippen LogP contribution in [0.5, 0.6) is 0 Å². The summed E-state index contributed by atoms with van der Waals surface area (Å²) in [6, 6.07) is 2.19. The Morgan fingerprint density at radius 1 is 1.16 bits per heavy atom. The van der Waals surface area contributed by atoms with E-state index < -0.39 is 0 Å². The predicted octanol–water partition coefficient (Wildman–Crippen LogP) is 2.03. The third-order valence-corrected chi connectivity index (χ3v) is 3.35. The molecular weight excluding hydrogens is 240 g/mol. The lowest BCUT2D eigenvalue weighted by Gasteiger charge is -2.16.